The predicted octanol–water partition coefficient (Wildman–Crippen LogP) is 5.13. The van der Waals surface area contributed by atoms with Crippen LogP contribution in [-0.4, -0.2) is 42.0 Å². The third-order valence-electron chi connectivity index (χ3n) is 6.43. The van der Waals surface area contributed by atoms with Gasteiger partial charge < -0.3 is 15.0 Å². The van der Waals surface area contributed by atoms with Crippen molar-refractivity contribution >= 4 is 22.6 Å². The molecular formula is C27H34N4O2S. The quantitative estimate of drug-likeness (QED) is 0.438. The molecule has 1 amide bonds. The first kappa shape index (κ1) is 24.2. The molecule has 0 aliphatic carbocycles. The molecule has 0 saturated carbocycles. The van der Waals surface area contributed by atoms with Crippen LogP contribution < -0.4 is 15.0 Å². The molecule has 180 valence electrons. The highest BCUT2D eigenvalue weighted by atomic mass is 32.1. The molecule has 1 N–H and O–H groups in total. The van der Waals surface area contributed by atoms with Crippen molar-refractivity contribution in [2.45, 2.75) is 45.4 Å². The topological polar surface area (TPSA) is 67.4 Å². The van der Waals surface area contributed by atoms with Crippen LogP contribution in [0.2, 0.25) is 0 Å². The number of amides is 1. The summed E-state index contributed by atoms with van der Waals surface area (Å²) in [5.74, 6) is 2.22. The number of rotatable bonds is 10. The molecule has 34 heavy (non-hydrogen) atoms. The minimum Gasteiger partial charge on any atom is -0.497 e. The van der Waals surface area contributed by atoms with Crippen LogP contribution in [0.3, 0.4) is 0 Å². The molecule has 1 aliphatic rings. The lowest BCUT2D eigenvalue weighted by Gasteiger charge is -2.31. The van der Waals surface area contributed by atoms with E-state index in [1.54, 1.807) is 7.11 Å². The highest BCUT2D eigenvalue weighted by molar-refractivity contribution is 7.09. The lowest BCUT2D eigenvalue weighted by molar-refractivity contribution is 0.0945. The molecule has 0 atom stereocenters. The van der Waals surface area contributed by atoms with E-state index in [0.717, 1.165) is 66.7 Å². The van der Waals surface area contributed by atoms with Crippen LogP contribution in [0, 0.1) is 5.92 Å². The SMILES string of the molecule is CCCCc1ccc(C(=O)NCC2CCN(c3nc(Cc4cccc(OC)c4)ns3)CC2)cc1. The number of unbranched alkanes of at least 4 members (excludes halogenated alkanes) is 1. The number of nitrogens with one attached hydrogen (secondary N) is 1. The second-order valence-electron chi connectivity index (χ2n) is 8.96. The zero-order chi connectivity index (χ0) is 23.8. The van der Waals surface area contributed by atoms with Gasteiger partial charge in [-0.15, -0.1) is 0 Å². The number of hydrogen-bond acceptors (Lipinski definition) is 6. The van der Waals surface area contributed by atoms with E-state index in [4.69, 9.17) is 9.72 Å². The van der Waals surface area contributed by atoms with Crippen molar-refractivity contribution in [3.05, 3.63) is 71.0 Å². The maximum atomic E-state index is 12.5. The van der Waals surface area contributed by atoms with Crippen LogP contribution in [-0.2, 0) is 12.8 Å². The monoisotopic (exact) mass is 478 g/mol. The summed E-state index contributed by atoms with van der Waals surface area (Å²) in [5, 5.41) is 4.12. The number of carbonyl (C=O) groups is 1. The summed E-state index contributed by atoms with van der Waals surface area (Å²) in [6.07, 6.45) is 6.24. The molecule has 2 heterocycles. The van der Waals surface area contributed by atoms with Gasteiger partial charge in [0.05, 0.1) is 7.11 Å². The van der Waals surface area contributed by atoms with Gasteiger partial charge in [-0.3, -0.25) is 4.79 Å². The Morgan fingerprint density at radius 3 is 2.68 bits per heavy atom. The largest absolute Gasteiger partial charge is 0.497 e. The van der Waals surface area contributed by atoms with Crippen molar-refractivity contribution in [2.24, 2.45) is 5.92 Å². The van der Waals surface area contributed by atoms with Crippen LogP contribution >= 0.6 is 11.5 Å². The average molecular weight is 479 g/mol. The zero-order valence-corrected chi connectivity index (χ0v) is 20.9. The molecule has 4 rings (SSSR count). The summed E-state index contributed by atoms with van der Waals surface area (Å²) < 4.78 is 9.88. The number of nitrogens with zero attached hydrogens (tertiary/aromatic N) is 3. The van der Waals surface area contributed by atoms with Crippen LogP contribution in [0.15, 0.2) is 48.5 Å². The van der Waals surface area contributed by atoms with Crippen molar-refractivity contribution in [1.29, 1.82) is 0 Å². The summed E-state index contributed by atoms with van der Waals surface area (Å²) in [5.41, 5.74) is 3.19. The fourth-order valence-corrected chi connectivity index (χ4v) is 5.02. The number of benzene rings is 2. The maximum absolute atomic E-state index is 12.5. The van der Waals surface area contributed by atoms with Gasteiger partial charge in [0.15, 0.2) is 0 Å². The van der Waals surface area contributed by atoms with Gasteiger partial charge in [-0.2, -0.15) is 4.37 Å². The summed E-state index contributed by atoms with van der Waals surface area (Å²) in [7, 11) is 1.68. The molecule has 0 spiro atoms. The molecule has 2 aromatic carbocycles. The van der Waals surface area contributed by atoms with Gasteiger partial charge in [-0.25, -0.2) is 4.98 Å². The Hall–Kier alpha value is -2.93. The summed E-state index contributed by atoms with van der Waals surface area (Å²) in [6.45, 7) is 4.81. The van der Waals surface area contributed by atoms with E-state index in [-0.39, 0.29) is 5.91 Å². The molecule has 0 radical (unpaired) electrons. The van der Waals surface area contributed by atoms with Crippen LogP contribution in [0.5, 0.6) is 5.75 Å². The Morgan fingerprint density at radius 1 is 1.15 bits per heavy atom. The highest BCUT2D eigenvalue weighted by Gasteiger charge is 2.22. The van der Waals surface area contributed by atoms with Gasteiger partial charge in [0.1, 0.15) is 11.6 Å². The Labute approximate surface area is 206 Å². The molecule has 3 aromatic rings. The fourth-order valence-electron chi connectivity index (χ4n) is 4.28. The Kier molecular flexibility index (Phi) is 8.52. The van der Waals surface area contributed by atoms with Gasteiger partial charge in [0.2, 0.25) is 5.13 Å². The van der Waals surface area contributed by atoms with Crippen LogP contribution in [0.4, 0.5) is 5.13 Å². The Morgan fingerprint density at radius 2 is 1.94 bits per heavy atom. The van der Waals surface area contributed by atoms with Gasteiger partial charge in [-0.1, -0.05) is 37.6 Å². The van der Waals surface area contributed by atoms with Crippen molar-refractivity contribution in [1.82, 2.24) is 14.7 Å². The van der Waals surface area contributed by atoms with E-state index in [9.17, 15) is 4.79 Å². The molecule has 7 heteroatoms. The van der Waals surface area contributed by atoms with E-state index in [1.165, 1.54) is 29.9 Å². The lowest BCUT2D eigenvalue weighted by Crippen LogP contribution is -2.38. The number of hydrogen-bond donors (Lipinski definition) is 1. The first-order valence-corrected chi connectivity index (χ1v) is 13.0. The fraction of sp³-hybridized carbons (Fsp3) is 0.444. The number of carbonyl (C=O) groups excluding carboxylic acids is 1. The predicted molar refractivity (Wildman–Crippen MR) is 138 cm³/mol. The number of aryl methyl sites for hydroxylation is 1. The third-order valence-corrected chi connectivity index (χ3v) is 7.24. The molecular weight excluding hydrogens is 444 g/mol. The Bertz CT molecular complexity index is 1060. The second kappa shape index (κ2) is 12.0. The second-order valence-corrected chi connectivity index (χ2v) is 9.69. The van der Waals surface area contributed by atoms with Gasteiger partial charge in [0.25, 0.3) is 5.91 Å². The van der Waals surface area contributed by atoms with E-state index in [2.05, 4.69) is 39.7 Å². The van der Waals surface area contributed by atoms with Crippen LogP contribution in [0.1, 0.15) is 59.9 Å². The molecule has 1 saturated heterocycles. The summed E-state index contributed by atoms with van der Waals surface area (Å²) in [4.78, 5) is 19.6. The van der Waals surface area contributed by atoms with Crippen LogP contribution in [0.25, 0.3) is 0 Å². The maximum Gasteiger partial charge on any atom is 0.251 e. The van der Waals surface area contributed by atoms with E-state index in [1.807, 2.05) is 30.3 Å². The van der Waals surface area contributed by atoms with E-state index < -0.39 is 0 Å². The van der Waals surface area contributed by atoms with Gasteiger partial charge in [-0.05, 0) is 67.0 Å². The minimum absolute atomic E-state index is 0.0239. The van der Waals surface area contributed by atoms with E-state index >= 15 is 0 Å². The number of ether oxygens (including phenoxy) is 1. The van der Waals surface area contributed by atoms with Crippen molar-refractivity contribution < 1.29 is 9.53 Å². The van der Waals surface area contributed by atoms with Crippen molar-refractivity contribution in [3.63, 3.8) is 0 Å². The number of piperidine rings is 1. The number of aromatic nitrogens is 2. The summed E-state index contributed by atoms with van der Waals surface area (Å²) in [6, 6.07) is 16.1. The molecule has 1 aromatic heterocycles. The average Bonchev–Trinajstić information content (AvgIpc) is 3.35. The van der Waals surface area contributed by atoms with Gasteiger partial charge >= 0.3 is 0 Å². The highest BCUT2D eigenvalue weighted by Crippen LogP contribution is 2.25. The normalized spacial score (nSPS) is 14.2. The smallest absolute Gasteiger partial charge is 0.251 e. The molecule has 6 nitrogen and oxygen atoms in total. The molecule has 1 aliphatic heterocycles. The van der Waals surface area contributed by atoms with Crippen molar-refractivity contribution in [3.8, 4) is 5.75 Å². The number of anilines is 1. The summed E-state index contributed by atoms with van der Waals surface area (Å²) >= 11 is 1.47. The van der Waals surface area contributed by atoms with Crippen molar-refractivity contribution in [2.75, 3.05) is 31.6 Å². The molecule has 0 bridgehead atoms. The zero-order valence-electron chi connectivity index (χ0n) is 20.1. The number of methoxy groups -OCH3 is 1. The molecule has 1 fully saturated rings. The first-order valence-electron chi connectivity index (χ1n) is 12.2. The standard InChI is InChI=1S/C27H34N4O2S/c1-3-4-6-20-9-11-23(12-10-20)26(32)28-19-21-13-15-31(16-14-21)27-29-25(30-34-27)18-22-7-5-8-24(17-22)33-2/h5,7-12,17,21H,3-4,6,13-16,18-19H2,1-2H3,(H,28,32). The first-order chi connectivity index (χ1) is 16.6. The molecule has 0 unspecified atom stereocenters. The Balaban J connectivity index is 1.22. The third kappa shape index (κ3) is 6.56. The van der Waals surface area contributed by atoms with Gasteiger partial charge in [0, 0.05) is 43.2 Å². The minimum atomic E-state index is 0.0239. The van der Waals surface area contributed by atoms with E-state index in [0.29, 0.717) is 12.3 Å². The lowest BCUT2D eigenvalue weighted by atomic mass is 9.97.